The number of aliphatic carboxylic acids is 1. The first-order valence-corrected chi connectivity index (χ1v) is 11.5. The van der Waals surface area contributed by atoms with Crippen LogP contribution in [0.2, 0.25) is 0 Å². The minimum absolute atomic E-state index is 0.0342. The minimum atomic E-state index is -1.64. The summed E-state index contributed by atoms with van der Waals surface area (Å²) in [5.41, 5.74) is 16.3. The number of nitrogens with one attached hydrogen (secondary N) is 3. The van der Waals surface area contributed by atoms with Crippen LogP contribution in [0.5, 0.6) is 5.75 Å². The molecule has 1 rings (SSSR count). The van der Waals surface area contributed by atoms with Gasteiger partial charge in [-0.3, -0.25) is 24.0 Å². The quantitative estimate of drug-likeness (QED) is 0.122. The Morgan fingerprint density at radius 2 is 1.38 bits per heavy atom. The van der Waals surface area contributed by atoms with Crippen LogP contribution >= 0.6 is 0 Å². The number of carboxylic acid groups (broad SMARTS) is 1. The van der Waals surface area contributed by atoms with E-state index < -0.39 is 78.4 Å². The molecule has 0 saturated carbocycles. The summed E-state index contributed by atoms with van der Waals surface area (Å²) in [5, 5.41) is 26.0. The molecule has 0 saturated heterocycles. The molecule has 204 valence electrons. The van der Waals surface area contributed by atoms with Crippen molar-refractivity contribution in [2.45, 2.75) is 63.7 Å². The number of nitrogens with two attached hydrogens (primary N) is 3. The van der Waals surface area contributed by atoms with Gasteiger partial charge in [0.1, 0.15) is 23.9 Å². The maximum atomic E-state index is 13.2. The molecule has 5 amide bonds. The maximum absolute atomic E-state index is 13.2. The number of phenolic OH excluding ortho intramolecular Hbond substituents is 1. The Kier molecular flexibility index (Phi) is 12.0. The molecule has 0 heterocycles. The molecule has 0 spiro atoms. The third-order valence-electron chi connectivity index (χ3n) is 5.58. The molecule has 1 aromatic carbocycles. The molecule has 0 aromatic heterocycles. The second kappa shape index (κ2) is 14.4. The number of carbonyl (C=O) groups excluding carboxylic acids is 5. The van der Waals surface area contributed by atoms with Gasteiger partial charge in [-0.15, -0.1) is 0 Å². The SMILES string of the molecule is CCC(C)C(NC(=O)C(N)CC(N)=O)C(=O)NC(Cc1ccc(O)cc1)C(=O)NC(CC(N)=O)C(=O)O. The summed E-state index contributed by atoms with van der Waals surface area (Å²) in [4.78, 5) is 72.5. The van der Waals surface area contributed by atoms with E-state index in [0.29, 0.717) is 12.0 Å². The molecule has 14 heteroatoms. The predicted molar refractivity (Wildman–Crippen MR) is 130 cm³/mol. The van der Waals surface area contributed by atoms with Gasteiger partial charge in [0, 0.05) is 6.42 Å². The Balaban J connectivity index is 3.20. The van der Waals surface area contributed by atoms with Gasteiger partial charge in [-0.2, -0.15) is 0 Å². The van der Waals surface area contributed by atoms with E-state index in [2.05, 4.69) is 16.0 Å². The van der Waals surface area contributed by atoms with Crippen LogP contribution in [0.1, 0.15) is 38.7 Å². The molecule has 5 unspecified atom stereocenters. The zero-order chi connectivity index (χ0) is 28.3. The smallest absolute Gasteiger partial charge is 0.326 e. The third kappa shape index (κ3) is 10.5. The Morgan fingerprint density at radius 1 is 0.838 bits per heavy atom. The van der Waals surface area contributed by atoms with Crippen molar-refractivity contribution in [2.75, 3.05) is 0 Å². The molecule has 0 aliphatic rings. The summed E-state index contributed by atoms with van der Waals surface area (Å²) in [5.74, 6) is -6.22. The van der Waals surface area contributed by atoms with Gasteiger partial charge in [-0.25, -0.2) is 4.79 Å². The highest BCUT2D eigenvalue weighted by Crippen LogP contribution is 2.13. The van der Waals surface area contributed by atoms with Gasteiger partial charge in [-0.05, 0) is 23.6 Å². The highest BCUT2D eigenvalue weighted by Gasteiger charge is 2.33. The summed E-state index contributed by atoms with van der Waals surface area (Å²) in [6.45, 7) is 3.44. The number of carboxylic acids is 1. The number of hydrogen-bond acceptors (Lipinski definition) is 8. The van der Waals surface area contributed by atoms with Gasteiger partial charge in [0.2, 0.25) is 29.5 Å². The van der Waals surface area contributed by atoms with Crippen LogP contribution in [0.4, 0.5) is 0 Å². The summed E-state index contributed by atoms with van der Waals surface area (Å²) < 4.78 is 0. The Morgan fingerprint density at radius 3 is 1.86 bits per heavy atom. The van der Waals surface area contributed by atoms with Crippen molar-refractivity contribution in [2.24, 2.45) is 23.1 Å². The average Bonchev–Trinajstić information content (AvgIpc) is 2.81. The van der Waals surface area contributed by atoms with E-state index in [1.165, 1.54) is 24.3 Å². The van der Waals surface area contributed by atoms with Gasteiger partial charge in [-0.1, -0.05) is 32.4 Å². The van der Waals surface area contributed by atoms with Crippen LogP contribution in [0.3, 0.4) is 0 Å². The molecule has 0 fully saturated rings. The summed E-state index contributed by atoms with van der Waals surface area (Å²) in [6.07, 6.45) is -0.797. The van der Waals surface area contributed by atoms with E-state index in [1.807, 2.05) is 0 Å². The Bertz CT molecular complexity index is 999. The number of hydrogen-bond donors (Lipinski definition) is 8. The number of aromatic hydroxyl groups is 1. The van der Waals surface area contributed by atoms with E-state index in [4.69, 9.17) is 17.2 Å². The Hall–Kier alpha value is -4.20. The van der Waals surface area contributed by atoms with Crippen LogP contribution in [0.15, 0.2) is 24.3 Å². The van der Waals surface area contributed by atoms with E-state index in [1.54, 1.807) is 13.8 Å². The van der Waals surface area contributed by atoms with E-state index in [9.17, 15) is 39.0 Å². The van der Waals surface area contributed by atoms with Crippen LogP contribution in [0, 0.1) is 5.92 Å². The van der Waals surface area contributed by atoms with Crippen LogP contribution in [-0.2, 0) is 35.2 Å². The van der Waals surface area contributed by atoms with Gasteiger partial charge in [0.15, 0.2) is 0 Å². The fourth-order valence-electron chi connectivity index (χ4n) is 3.28. The third-order valence-corrected chi connectivity index (χ3v) is 5.58. The monoisotopic (exact) mass is 522 g/mol. The first kappa shape index (κ1) is 30.8. The standard InChI is InChI=1S/C23H34N6O8/c1-3-11(2)19(29-20(33)14(24)9-17(25)31)22(35)27-15(8-12-4-6-13(30)7-5-12)21(34)28-16(23(36)37)10-18(26)32/h4-7,11,14-16,19,30H,3,8-10,24H2,1-2H3,(H2,25,31)(H2,26,32)(H,27,35)(H,28,34)(H,29,33)(H,36,37). The summed E-state index contributed by atoms with van der Waals surface area (Å²) in [6, 6.07) is 0.289. The topological polar surface area (TPSA) is 257 Å². The average molecular weight is 523 g/mol. The van der Waals surface area contributed by atoms with Crippen LogP contribution < -0.4 is 33.2 Å². The highest BCUT2D eigenvalue weighted by molar-refractivity contribution is 5.95. The van der Waals surface area contributed by atoms with Crippen molar-refractivity contribution in [1.82, 2.24) is 16.0 Å². The van der Waals surface area contributed by atoms with Crippen LogP contribution in [0.25, 0.3) is 0 Å². The van der Waals surface area contributed by atoms with Crippen molar-refractivity contribution in [3.63, 3.8) is 0 Å². The van der Waals surface area contributed by atoms with E-state index in [-0.39, 0.29) is 12.2 Å². The van der Waals surface area contributed by atoms with Gasteiger partial charge < -0.3 is 43.4 Å². The number of carbonyl (C=O) groups is 6. The normalized spacial score (nSPS) is 14.8. The van der Waals surface area contributed by atoms with Crippen molar-refractivity contribution in [1.29, 1.82) is 0 Å². The Labute approximate surface area is 213 Å². The lowest BCUT2D eigenvalue weighted by Crippen LogP contribution is -2.59. The zero-order valence-electron chi connectivity index (χ0n) is 20.6. The van der Waals surface area contributed by atoms with Gasteiger partial charge in [0.05, 0.1) is 18.9 Å². The lowest BCUT2D eigenvalue weighted by atomic mass is 9.96. The zero-order valence-corrected chi connectivity index (χ0v) is 20.6. The second-order valence-electron chi connectivity index (χ2n) is 8.65. The molecule has 37 heavy (non-hydrogen) atoms. The van der Waals surface area contributed by atoms with Gasteiger partial charge >= 0.3 is 5.97 Å². The summed E-state index contributed by atoms with van der Waals surface area (Å²) in [7, 11) is 0. The molecule has 1 aromatic rings. The molecule has 0 radical (unpaired) electrons. The van der Waals surface area contributed by atoms with Crippen LogP contribution in [-0.4, -0.2) is 69.9 Å². The molecule has 0 aliphatic carbocycles. The molecular formula is C23H34N6O8. The molecule has 0 bridgehead atoms. The first-order chi connectivity index (χ1) is 17.2. The second-order valence-corrected chi connectivity index (χ2v) is 8.65. The maximum Gasteiger partial charge on any atom is 0.326 e. The number of rotatable bonds is 15. The number of amides is 5. The molecule has 5 atom stereocenters. The van der Waals surface area contributed by atoms with Gasteiger partial charge in [0.25, 0.3) is 0 Å². The summed E-state index contributed by atoms with van der Waals surface area (Å²) >= 11 is 0. The number of primary amides is 2. The first-order valence-electron chi connectivity index (χ1n) is 11.5. The fourth-order valence-corrected chi connectivity index (χ4v) is 3.28. The highest BCUT2D eigenvalue weighted by atomic mass is 16.4. The van der Waals surface area contributed by atoms with E-state index >= 15 is 0 Å². The minimum Gasteiger partial charge on any atom is -0.508 e. The molecule has 11 N–H and O–H groups in total. The molecule has 14 nitrogen and oxygen atoms in total. The number of benzene rings is 1. The fraction of sp³-hybridized carbons (Fsp3) is 0.478. The largest absolute Gasteiger partial charge is 0.508 e. The molecular weight excluding hydrogens is 488 g/mol. The van der Waals surface area contributed by atoms with Crippen molar-refractivity contribution in [3.8, 4) is 5.75 Å². The van der Waals surface area contributed by atoms with E-state index in [0.717, 1.165) is 0 Å². The van der Waals surface area contributed by atoms with Crippen molar-refractivity contribution < 1.29 is 39.0 Å². The lowest BCUT2D eigenvalue weighted by Gasteiger charge is -2.28. The predicted octanol–water partition coefficient (Wildman–Crippen LogP) is -2.40. The lowest BCUT2D eigenvalue weighted by molar-refractivity contribution is -0.143. The number of phenols is 1. The van der Waals surface area contributed by atoms with Crippen molar-refractivity contribution in [3.05, 3.63) is 29.8 Å². The van der Waals surface area contributed by atoms with Crippen molar-refractivity contribution >= 4 is 35.5 Å². The molecule has 0 aliphatic heterocycles.